The Morgan fingerprint density at radius 3 is 2.62 bits per heavy atom. The summed E-state index contributed by atoms with van der Waals surface area (Å²) in [5.41, 5.74) is 2.31. The fraction of sp³-hybridized carbons (Fsp3) is 0.368. The van der Waals surface area contributed by atoms with Crippen LogP contribution in [0.3, 0.4) is 0 Å². The molecule has 0 amide bonds. The third kappa shape index (κ3) is 4.01. The molecule has 2 aromatic carbocycles. The molecular weight excluding hydrogens is 326 g/mol. The zero-order valence-corrected chi connectivity index (χ0v) is 14.8. The van der Waals surface area contributed by atoms with Gasteiger partial charge in [0.1, 0.15) is 11.5 Å². The smallest absolute Gasteiger partial charge is 0.127 e. The summed E-state index contributed by atoms with van der Waals surface area (Å²) in [6.45, 7) is 3.28. The van der Waals surface area contributed by atoms with E-state index in [4.69, 9.17) is 25.8 Å². The first-order valence-corrected chi connectivity index (χ1v) is 8.37. The maximum absolute atomic E-state index is 5.97. The lowest BCUT2D eigenvalue weighted by molar-refractivity contribution is -0.0331. The zero-order valence-electron chi connectivity index (χ0n) is 14.0. The fourth-order valence-corrected chi connectivity index (χ4v) is 3.07. The van der Waals surface area contributed by atoms with Crippen LogP contribution in [0.25, 0.3) is 0 Å². The summed E-state index contributed by atoms with van der Waals surface area (Å²) in [7, 11) is 3.35. The summed E-state index contributed by atoms with van der Waals surface area (Å²) >= 11 is 5.97. The van der Waals surface area contributed by atoms with E-state index in [-0.39, 0.29) is 6.10 Å². The lowest BCUT2D eigenvalue weighted by Gasteiger charge is -2.33. The van der Waals surface area contributed by atoms with Crippen LogP contribution in [0, 0.1) is 0 Å². The van der Waals surface area contributed by atoms with Crippen LogP contribution < -0.4 is 9.47 Å². The Bertz CT molecular complexity index is 675. The molecule has 4 nitrogen and oxygen atoms in total. The van der Waals surface area contributed by atoms with Crippen molar-refractivity contribution in [3.05, 3.63) is 58.6 Å². The van der Waals surface area contributed by atoms with Crippen LogP contribution in [-0.4, -0.2) is 38.8 Å². The van der Waals surface area contributed by atoms with Crippen molar-refractivity contribution in [2.45, 2.75) is 12.6 Å². The van der Waals surface area contributed by atoms with Gasteiger partial charge in [0.2, 0.25) is 0 Å². The van der Waals surface area contributed by atoms with Crippen LogP contribution in [0.2, 0.25) is 5.02 Å². The molecule has 2 aromatic rings. The number of halogens is 1. The SMILES string of the molecule is COc1ccc(CN2CCOC(c3ccc(Cl)cc3)C2)c(OC)c1. The van der Waals surface area contributed by atoms with Crippen molar-refractivity contribution in [3.63, 3.8) is 0 Å². The molecule has 1 heterocycles. The van der Waals surface area contributed by atoms with Crippen molar-refractivity contribution in [2.75, 3.05) is 33.9 Å². The van der Waals surface area contributed by atoms with Crippen LogP contribution in [-0.2, 0) is 11.3 Å². The van der Waals surface area contributed by atoms with Gasteiger partial charge >= 0.3 is 0 Å². The largest absolute Gasteiger partial charge is 0.497 e. The molecule has 1 fully saturated rings. The average molecular weight is 348 g/mol. The van der Waals surface area contributed by atoms with Crippen molar-refractivity contribution in [1.82, 2.24) is 4.90 Å². The van der Waals surface area contributed by atoms with Gasteiger partial charge in [-0.05, 0) is 23.8 Å². The molecule has 0 bridgehead atoms. The number of hydrogen-bond donors (Lipinski definition) is 0. The Hall–Kier alpha value is -1.75. The molecule has 0 aliphatic carbocycles. The van der Waals surface area contributed by atoms with Gasteiger partial charge in [-0.15, -0.1) is 0 Å². The first-order chi connectivity index (χ1) is 11.7. The molecule has 5 heteroatoms. The summed E-state index contributed by atoms with van der Waals surface area (Å²) in [4.78, 5) is 2.38. The zero-order chi connectivity index (χ0) is 16.9. The third-order valence-corrected chi connectivity index (χ3v) is 4.53. The van der Waals surface area contributed by atoms with Gasteiger partial charge in [0.15, 0.2) is 0 Å². The molecule has 1 saturated heterocycles. The van der Waals surface area contributed by atoms with Gasteiger partial charge in [0.25, 0.3) is 0 Å². The molecule has 24 heavy (non-hydrogen) atoms. The number of morpholine rings is 1. The molecule has 1 aliphatic rings. The van der Waals surface area contributed by atoms with Crippen molar-refractivity contribution in [3.8, 4) is 11.5 Å². The normalized spacial score (nSPS) is 18.4. The predicted molar refractivity (Wildman–Crippen MR) is 95.0 cm³/mol. The van der Waals surface area contributed by atoms with Gasteiger partial charge in [-0.1, -0.05) is 29.8 Å². The van der Waals surface area contributed by atoms with Crippen molar-refractivity contribution >= 4 is 11.6 Å². The van der Waals surface area contributed by atoms with E-state index in [2.05, 4.69) is 11.0 Å². The summed E-state index contributed by atoms with van der Waals surface area (Å²) in [6, 6.07) is 13.8. The van der Waals surface area contributed by atoms with Crippen LogP contribution in [0.15, 0.2) is 42.5 Å². The Balaban J connectivity index is 1.70. The number of nitrogens with zero attached hydrogens (tertiary/aromatic N) is 1. The standard InChI is InChI=1S/C19H22ClNO3/c1-22-17-8-5-15(18(11-17)23-2)12-21-9-10-24-19(13-21)14-3-6-16(20)7-4-14/h3-8,11,19H,9-10,12-13H2,1-2H3. The van der Waals surface area contributed by atoms with E-state index in [9.17, 15) is 0 Å². The van der Waals surface area contributed by atoms with Crippen LogP contribution in [0.4, 0.5) is 0 Å². The maximum atomic E-state index is 5.97. The van der Waals surface area contributed by atoms with Gasteiger partial charge in [-0.3, -0.25) is 4.90 Å². The van der Waals surface area contributed by atoms with E-state index in [1.165, 1.54) is 0 Å². The van der Waals surface area contributed by atoms with E-state index >= 15 is 0 Å². The Morgan fingerprint density at radius 1 is 1.12 bits per heavy atom. The lowest BCUT2D eigenvalue weighted by Crippen LogP contribution is -2.37. The summed E-state index contributed by atoms with van der Waals surface area (Å²) in [6.07, 6.45) is 0.0697. The molecule has 0 radical (unpaired) electrons. The second-order valence-corrected chi connectivity index (χ2v) is 6.26. The first-order valence-electron chi connectivity index (χ1n) is 8.00. The van der Waals surface area contributed by atoms with Crippen molar-refractivity contribution < 1.29 is 14.2 Å². The minimum atomic E-state index is 0.0697. The molecule has 128 valence electrons. The van der Waals surface area contributed by atoms with E-state index in [1.807, 2.05) is 36.4 Å². The third-order valence-electron chi connectivity index (χ3n) is 4.28. The molecule has 0 aromatic heterocycles. The highest BCUT2D eigenvalue weighted by Crippen LogP contribution is 2.28. The van der Waals surface area contributed by atoms with Gasteiger partial charge in [-0.2, -0.15) is 0 Å². The molecule has 1 atom stereocenters. The highest BCUT2D eigenvalue weighted by Gasteiger charge is 2.23. The first kappa shape index (κ1) is 17.1. The maximum Gasteiger partial charge on any atom is 0.127 e. The quantitative estimate of drug-likeness (QED) is 0.820. The number of rotatable bonds is 5. The topological polar surface area (TPSA) is 30.9 Å². The summed E-state index contributed by atoms with van der Waals surface area (Å²) in [5, 5.41) is 0.745. The van der Waals surface area contributed by atoms with E-state index in [0.717, 1.165) is 47.3 Å². The fourth-order valence-electron chi connectivity index (χ4n) is 2.95. The molecule has 1 unspecified atom stereocenters. The van der Waals surface area contributed by atoms with Crippen LogP contribution in [0.1, 0.15) is 17.2 Å². The molecule has 0 N–H and O–H groups in total. The summed E-state index contributed by atoms with van der Waals surface area (Å²) < 4.78 is 16.7. The Morgan fingerprint density at radius 2 is 1.92 bits per heavy atom. The summed E-state index contributed by atoms with van der Waals surface area (Å²) in [5.74, 6) is 1.65. The minimum Gasteiger partial charge on any atom is -0.497 e. The number of methoxy groups -OCH3 is 2. The van der Waals surface area contributed by atoms with Gasteiger partial charge in [0.05, 0.1) is 26.9 Å². The van der Waals surface area contributed by atoms with Gasteiger partial charge < -0.3 is 14.2 Å². The van der Waals surface area contributed by atoms with Crippen LogP contribution in [0.5, 0.6) is 11.5 Å². The molecule has 0 saturated carbocycles. The lowest BCUT2D eigenvalue weighted by atomic mass is 10.1. The van der Waals surface area contributed by atoms with Crippen LogP contribution >= 0.6 is 11.6 Å². The monoisotopic (exact) mass is 347 g/mol. The second kappa shape index (κ2) is 7.88. The average Bonchev–Trinajstić information content (AvgIpc) is 2.63. The Labute approximate surface area is 147 Å². The Kier molecular flexibility index (Phi) is 5.61. The van der Waals surface area contributed by atoms with Crippen molar-refractivity contribution in [1.29, 1.82) is 0 Å². The highest BCUT2D eigenvalue weighted by atomic mass is 35.5. The minimum absolute atomic E-state index is 0.0697. The second-order valence-electron chi connectivity index (χ2n) is 5.82. The van der Waals surface area contributed by atoms with E-state index in [1.54, 1.807) is 14.2 Å². The molecular formula is C19H22ClNO3. The molecule has 1 aliphatic heterocycles. The molecule has 0 spiro atoms. The number of ether oxygens (including phenoxy) is 3. The molecule has 3 rings (SSSR count). The number of hydrogen-bond acceptors (Lipinski definition) is 4. The number of benzene rings is 2. The van der Waals surface area contributed by atoms with E-state index < -0.39 is 0 Å². The van der Waals surface area contributed by atoms with Gasteiger partial charge in [0, 0.05) is 36.3 Å². The highest BCUT2D eigenvalue weighted by molar-refractivity contribution is 6.30. The predicted octanol–water partition coefficient (Wildman–Crippen LogP) is 3.93. The van der Waals surface area contributed by atoms with Gasteiger partial charge in [-0.25, -0.2) is 0 Å². The van der Waals surface area contributed by atoms with Crippen molar-refractivity contribution in [2.24, 2.45) is 0 Å². The van der Waals surface area contributed by atoms with E-state index in [0.29, 0.717) is 6.61 Å².